The Morgan fingerprint density at radius 3 is 2.53 bits per heavy atom. The lowest BCUT2D eigenvalue weighted by atomic mass is 10.2. The lowest BCUT2D eigenvalue weighted by Crippen LogP contribution is -1.97. The molecule has 0 atom stereocenters. The van der Waals surface area contributed by atoms with E-state index in [-0.39, 0.29) is 24.0 Å². The van der Waals surface area contributed by atoms with E-state index in [4.69, 9.17) is 10.1 Å². The molecule has 0 bridgehead atoms. The van der Waals surface area contributed by atoms with Gasteiger partial charge < -0.3 is 4.74 Å². The van der Waals surface area contributed by atoms with Gasteiger partial charge in [0.25, 0.3) is 0 Å². The van der Waals surface area contributed by atoms with Gasteiger partial charge in [-0.1, -0.05) is 42.5 Å². The summed E-state index contributed by atoms with van der Waals surface area (Å²) in [6, 6.07) is 17.7. The van der Waals surface area contributed by atoms with Crippen LogP contribution in [0.15, 0.2) is 54.6 Å². The highest BCUT2D eigenvalue weighted by Gasteiger charge is 2.01. The smallest absolute Gasteiger partial charge is 0.120 e. The van der Waals surface area contributed by atoms with Crippen molar-refractivity contribution >= 4 is 40.8 Å². The minimum absolute atomic E-state index is 0. The fourth-order valence-corrected chi connectivity index (χ4v) is 1.95. The molecule has 0 aliphatic carbocycles. The SMILES string of the molecule is CSC(=N)c1cccc(OCc2ccccc2)c1.I. The first-order chi connectivity index (χ1) is 8.79. The van der Waals surface area contributed by atoms with Crippen LogP contribution in [0, 0.1) is 5.41 Å². The molecule has 0 saturated carbocycles. The van der Waals surface area contributed by atoms with E-state index in [1.807, 2.05) is 60.9 Å². The Kier molecular flexibility index (Phi) is 6.94. The van der Waals surface area contributed by atoms with E-state index >= 15 is 0 Å². The standard InChI is InChI=1S/C15H15NOS.HI/c1-18-15(16)13-8-5-9-14(10-13)17-11-12-6-3-2-4-7-12;/h2-10,16H,11H2,1H3;1H. The zero-order valence-electron chi connectivity index (χ0n) is 10.6. The van der Waals surface area contributed by atoms with Gasteiger partial charge in [-0.2, -0.15) is 0 Å². The molecular weight excluding hydrogens is 369 g/mol. The topological polar surface area (TPSA) is 33.1 Å². The molecule has 0 fully saturated rings. The number of benzene rings is 2. The van der Waals surface area contributed by atoms with Gasteiger partial charge in [-0.3, -0.25) is 5.41 Å². The molecule has 4 heteroatoms. The zero-order valence-corrected chi connectivity index (χ0v) is 13.8. The lowest BCUT2D eigenvalue weighted by Gasteiger charge is -2.08. The molecular formula is C15H16INOS. The van der Waals surface area contributed by atoms with Gasteiger partial charge in [-0.25, -0.2) is 0 Å². The predicted molar refractivity (Wildman–Crippen MR) is 93.0 cm³/mol. The minimum atomic E-state index is 0. The van der Waals surface area contributed by atoms with E-state index in [2.05, 4.69) is 0 Å². The van der Waals surface area contributed by atoms with E-state index in [9.17, 15) is 0 Å². The van der Waals surface area contributed by atoms with Crippen LogP contribution in [-0.2, 0) is 6.61 Å². The maximum absolute atomic E-state index is 7.78. The molecule has 2 aromatic rings. The summed E-state index contributed by atoms with van der Waals surface area (Å²) in [7, 11) is 0. The highest BCUT2D eigenvalue weighted by molar-refractivity contribution is 14.0. The van der Waals surface area contributed by atoms with Gasteiger partial charge >= 0.3 is 0 Å². The second kappa shape index (κ2) is 8.22. The van der Waals surface area contributed by atoms with Gasteiger partial charge in [0.05, 0.1) is 5.04 Å². The molecule has 2 nitrogen and oxygen atoms in total. The second-order valence-electron chi connectivity index (χ2n) is 3.84. The highest BCUT2D eigenvalue weighted by Crippen LogP contribution is 2.18. The molecule has 0 saturated heterocycles. The highest BCUT2D eigenvalue weighted by atomic mass is 127. The van der Waals surface area contributed by atoms with Gasteiger partial charge in [0.2, 0.25) is 0 Å². The molecule has 0 aromatic heterocycles. The first-order valence-corrected chi connectivity index (χ1v) is 6.92. The Labute approximate surface area is 135 Å². The lowest BCUT2D eigenvalue weighted by molar-refractivity contribution is 0.306. The van der Waals surface area contributed by atoms with Gasteiger partial charge in [0.15, 0.2) is 0 Å². The predicted octanol–water partition coefficient (Wildman–Crippen LogP) is 4.57. The monoisotopic (exact) mass is 385 g/mol. The Morgan fingerprint density at radius 1 is 1.11 bits per heavy atom. The molecule has 0 aliphatic rings. The van der Waals surface area contributed by atoms with Crippen molar-refractivity contribution in [2.75, 3.05) is 6.26 Å². The first kappa shape index (κ1) is 16.0. The van der Waals surface area contributed by atoms with Crippen molar-refractivity contribution in [1.82, 2.24) is 0 Å². The van der Waals surface area contributed by atoms with E-state index in [1.54, 1.807) is 0 Å². The molecule has 100 valence electrons. The first-order valence-electron chi connectivity index (χ1n) is 5.69. The number of hydrogen-bond donors (Lipinski definition) is 1. The van der Waals surface area contributed by atoms with Crippen LogP contribution in [0.3, 0.4) is 0 Å². The molecule has 0 aliphatic heterocycles. The maximum Gasteiger partial charge on any atom is 0.120 e. The molecule has 2 aromatic carbocycles. The van der Waals surface area contributed by atoms with Crippen molar-refractivity contribution in [3.63, 3.8) is 0 Å². The number of hydrogen-bond acceptors (Lipinski definition) is 3. The fourth-order valence-electron chi connectivity index (χ4n) is 1.59. The molecule has 0 spiro atoms. The largest absolute Gasteiger partial charge is 0.489 e. The molecule has 1 N–H and O–H groups in total. The summed E-state index contributed by atoms with van der Waals surface area (Å²) in [5.41, 5.74) is 2.04. The van der Waals surface area contributed by atoms with Crippen LogP contribution in [0.4, 0.5) is 0 Å². The number of thioether (sulfide) groups is 1. The Balaban J connectivity index is 0.00000180. The molecule has 0 heterocycles. The Bertz CT molecular complexity index is 531. The van der Waals surface area contributed by atoms with Gasteiger partial charge in [0, 0.05) is 5.56 Å². The summed E-state index contributed by atoms with van der Waals surface area (Å²) >= 11 is 1.43. The number of rotatable bonds is 4. The van der Waals surface area contributed by atoms with E-state index < -0.39 is 0 Å². The fraction of sp³-hybridized carbons (Fsp3) is 0.133. The molecule has 0 radical (unpaired) electrons. The van der Waals surface area contributed by atoms with Crippen molar-refractivity contribution in [1.29, 1.82) is 5.41 Å². The van der Waals surface area contributed by atoms with Gasteiger partial charge in [0.1, 0.15) is 12.4 Å². The van der Waals surface area contributed by atoms with E-state index in [1.165, 1.54) is 11.8 Å². The summed E-state index contributed by atoms with van der Waals surface area (Å²) < 4.78 is 5.72. The third-order valence-corrected chi connectivity index (χ3v) is 3.19. The third-order valence-electron chi connectivity index (χ3n) is 2.55. The third kappa shape index (κ3) is 4.87. The van der Waals surface area contributed by atoms with Crippen LogP contribution < -0.4 is 4.74 Å². The summed E-state index contributed by atoms with van der Waals surface area (Å²) in [6.45, 7) is 0.552. The summed E-state index contributed by atoms with van der Waals surface area (Å²) in [6.07, 6.45) is 1.90. The second-order valence-corrected chi connectivity index (χ2v) is 4.65. The molecule has 0 unspecified atom stereocenters. The number of ether oxygens (including phenoxy) is 1. The maximum atomic E-state index is 7.78. The van der Waals surface area contributed by atoms with Crippen LogP contribution in [0.25, 0.3) is 0 Å². The van der Waals surface area contributed by atoms with Crippen LogP contribution in [0.1, 0.15) is 11.1 Å². The zero-order chi connectivity index (χ0) is 12.8. The quantitative estimate of drug-likeness (QED) is 0.475. The van der Waals surface area contributed by atoms with Crippen molar-refractivity contribution < 1.29 is 4.74 Å². The molecule has 19 heavy (non-hydrogen) atoms. The number of nitrogens with one attached hydrogen (secondary N) is 1. The van der Waals surface area contributed by atoms with Crippen LogP contribution in [0.2, 0.25) is 0 Å². The van der Waals surface area contributed by atoms with Crippen molar-refractivity contribution in [2.24, 2.45) is 0 Å². The van der Waals surface area contributed by atoms with Crippen LogP contribution in [-0.4, -0.2) is 11.3 Å². The molecule has 2 rings (SSSR count). The van der Waals surface area contributed by atoms with Crippen molar-refractivity contribution in [3.05, 3.63) is 65.7 Å². The van der Waals surface area contributed by atoms with Crippen LogP contribution >= 0.6 is 35.7 Å². The average molecular weight is 385 g/mol. The van der Waals surface area contributed by atoms with E-state index in [0.717, 1.165) is 16.9 Å². The minimum Gasteiger partial charge on any atom is -0.489 e. The Morgan fingerprint density at radius 2 is 1.84 bits per heavy atom. The summed E-state index contributed by atoms with van der Waals surface area (Å²) in [4.78, 5) is 0. The van der Waals surface area contributed by atoms with Crippen molar-refractivity contribution in [2.45, 2.75) is 6.61 Å². The van der Waals surface area contributed by atoms with Gasteiger partial charge in [-0.05, 0) is 24.0 Å². The van der Waals surface area contributed by atoms with Crippen LogP contribution in [0.5, 0.6) is 5.75 Å². The summed E-state index contributed by atoms with van der Waals surface area (Å²) in [5.74, 6) is 0.801. The summed E-state index contributed by atoms with van der Waals surface area (Å²) in [5, 5.41) is 8.33. The van der Waals surface area contributed by atoms with Gasteiger partial charge in [-0.15, -0.1) is 35.7 Å². The Hall–Kier alpha value is -1.01. The van der Waals surface area contributed by atoms with E-state index in [0.29, 0.717) is 11.7 Å². The normalized spacial score (nSPS) is 9.53. The number of halogens is 1. The molecule has 0 amide bonds. The average Bonchev–Trinajstić information content (AvgIpc) is 2.45. The van der Waals surface area contributed by atoms with Crippen molar-refractivity contribution in [3.8, 4) is 5.75 Å².